The fourth-order valence-electron chi connectivity index (χ4n) is 13.9. The van der Waals surface area contributed by atoms with Gasteiger partial charge in [0.25, 0.3) is 0 Å². The van der Waals surface area contributed by atoms with E-state index in [2.05, 4.69) is 96.3 Å². The highest BCUT2D eigenvalue weighted by molar-refractivity contribution is 5.79. The van der Waals surface area contributed by atoms with E-state index in [1.54, 1.807) is 0 Å². The maximum Gasteiger partial charge on any atom is 0.223 e. The molecule has 1 heterocycles. The Kier molecular flexibility index (Phi) is 62.9. The van der Waals surface area contributed by atoms with E-state index in [4.69, 9.17) is 0 Å². The minimum absolute atomic E-state index is 0.186. The third kappa shape index (κ3) is 51.0. The molecule has 1 aliphatic rings. The van der Waals surface area contributed by atoms with Crippen molar-refractivity contribution in [1.29, 1.82) is 0 Å². The molecule has 0 spiro atoms. The first-order valence-electron chi connectivity index (χ1n) is 41.1. The van der Waals surface area contributed by atoms with Gasteiger partial charge in [-0.3, -0.25) is 29.0 Å². The van der Waals surface area contributed by atoms with Crippen LogP contribution in [0.25, 0.3) is 0 Å². The van der Waals surface area contributed by atoms with Gasteiger partial charge >= 0.3 is 0 Å². The molecule has 1 fully saturated rings. The Labute approximate surface area is 572 Å². The molecule has 4 N–H and O–H groups in total. The van der Waals surface area contributed by atoms with Crippen molar-refractivity contribution in [3.8, 4) is 0 Å². The van der Waals surface area contributed by atoms with Crippen molar-refractivity contribution in [2.45, 2.75) is 364 Å². The maximum absolute atomic E-state index is 13.2. The Hall–Kier alpha value is -2.28. The van der Waals surface area contributed by atoms with Crippen LogP contribution >= 0.6 is 0 Å². The van der Waals surface area contributed by atoms with Gasteiger partial charge in [0, 0.05) is 102 Å². The average molecular weight is 1300 g/mol. The fraction of sp³-hybridized carbons (Fsp3) is 0.950. The van der Waals surface area contributed by atoms with E-state index in [9.17, 15) is 19.2 Å². The van der Waals surface area contributed by atoms with Gasteiger partial charge in [-0.25, -0.2) is 0 Å². The van der Waals surface area contributed by atoms with Gasteiger partial charge in [-0.05, 0) is 129 Å². The third-order valence-corrected chi connectivity index (χ3v) is 20.5. The molecule has 0 aromatic carbocycles. The number of piperazine rings is 1. The first kappa shape index (κ1) is 87.7. The standard InChI is InChI=1S/C80H160N8O4/c1-9-17-25-37-53-73(49-21-13-5)77(89)81-57-41-29-33-45-61-85(62-46-34-30-42-58-82-78(90)74(50-22-14-6)54-38-26-18-10-2)65-67-87-69-71-88(72-70-87)68-66-86(63-47-35-31-43-59-83-79(91)75(51-23-15-7)55-39-27-19-11-3)64-48-36-32-44-60-84-80(92)76(52-24-16-8)56-40-28-20-12-4/h73-76H,9-72H2,1-8H3,(H,81,89)(H,82,90)(H,83,91)(H,84,92). The van der Waals surface area contributed by atoms with Crippen LogP contribution in [0.15, 0.2) is 0 Å². The second-order valence-electron chi connectivity index (χ2n) is 28.9. The lowest BCUT2D eigenvalue weighted by atomic mass is 9.94. The molecule has 4 atom stereocenters. The lowest BCUT2D eigenvalue weighted by Crippen LogP contribution is -2.50. The molecule has 544 valence electrons. The van der Waals surface area contributed by atoms with Crippen molar-refractivity contribution in [2.24, 2.45) is 23.7 Å². The van der Waals surface area contributed by atoms with Crippen molar-refractivity contribution < 1.29 is 19.2 Å². The van der Waals surface area contributed by atoms with Crippen molar-refractivity contribution in [2.75, 3.05) is 105 Å². The van der Waals surface area contributed by atoms with Gasteiger partial charge < -0.3 is 31.1 Å². The first-order chi connectivity index (χ1) is 45.1. The molecule has 1 aliphatic heterocycles. The summed E-state index contributed by atoms with van der Waals surface area (Å²) in [4.78, 5) is 63.8. The molecule has 0 aromatic rings. The molecule has 12 heteroatoms. The molecule has 0 aliphatic carbocycles. The number of hydrogen-bond acceptors (Lipinski definition) is 8. The van der Waals surface area contributed by atoms with Crippen LogP contribution in [0.5, 0.6) is 0 Å². The highest BCUT2D eigenvalue weighted by Crippen LogP contribution is 2.22. The van der Waals surface area contributed by atoms with E-state index in [0.29, 0.717) is 23.6 Å². The fourth-order valence-corrected chi connectivity index (χ4v) is 13.9. The van der Waals surface area contributed by atoms with Gasteiger partial charge in [0.15, 0.2) is 0 Å². The first-order valence-corrected chi connectivity index (χ1v) is 41.1. The van der Waals surface area contributed by atoms with Gasteiger partial charge in [-0.2, -0.15) is 0 Å². The molecule has 4 amide bonds. The van der Waals surface area contributed by atoms with E-state index in [1.807, 2.05) is 0 Å². The number of amides is 4. The molecule has 12 nitrogen and oxygen atoms in total. The molecule has 4 unspecified atom stereocenters. The van der Waals surface area contributed by atoms with E-state index in [0.717, 1.165) is 233 Å². The topological polar surface area (TPSA) is 129 Å². The number of unbranched alkanes of at least 4 members (excludes halogenated alkanes) is 28. The van der Waals surface area contributed by atoms with Crippen LogP contribution in [0.3, 0.4) is 0 Å². The summed E-state index contributed by atoms with van der Waals surface area (Å²) in [5.74, 6) is 1.94. The Morgan fingerprint density at radius 1 is 0.250 bits per heavy atom. The van der Waals surface area contributed by atoms with Crippen LogP contribution in [0.4, 0.5) is 0 Å². The summed E-state index contributed by atoms with van der Waals surface area (Å²) in [5.41, 5.74) is 0. The molecule has 1 rings (SSSR count). The zero-order valence-electron chi connectivity index (χ0n) is 63.0. The summed E-state index contributed by atoms with van der Waals surface area (Å²) in [6, 6.07) is 0. The summed E-state index contributed by atoms with van der Waals surface area (Å²) in [6.07, 6.45) is 55.9. The van der Waals surface area contributed by atoms with Crippen LogP contribution < -0.4 is 21.3 Å². The number of carbonyl (C=O) groups is 4. The van der Waals surface area contributed by atoms with Crippen molar-refractivity contribution >= 4 is 23.6 Å². The normalized spacial score (nSPS) is 14.5. The van der Waals surface area contributed by atoms with Gasteiger partial charge in [0.1, 0.15) is 0 Å². The summed E-state index contributed by atoms with van der Waals surface area (Å²) in [6.45, 7) is 34.9. The van der Waals surface area contributed by atoms with Gasteiger partial charge in [-0.1, -0.05) is 261 Å². The lowest BCUT2D eigenvalue weighted by Gasteiger charge is -2.37. The van der Waals surface area contributed by atoms with Crippen LogP contribution in [0.2, 0.25) is 0 Å². The zero-order chi connectivity index (χ0) is 67.0. The Bertz CT molecular complexity index is 1410. The van der Waals surface area contributed by atoms with Crippen LogP contribution in [0, 0.1) is 23.7 Å². The highest BCUT2D eigenvalue weighted by atomic mass is 16.2. The van der Waals surface area contributed by atoms with Crippen molar-refractivity contribution in [1.82, 2.24) is 40.9 Å². The number of hydrogen-bond donors (Lipinski definition) is 4. The number of carbonyl (C=O) groups excluding carboxylic acids is 4. The van der Waals surface area contributed by atoms with Crippen LogP contribution in [-0.4, -0.2) is 148 Å². The Morgan fingerprint density at radius 2 is 0.446 bits per heavy atom. The Balaban J connectivity index is 2.83. The lowest BCUT2D eigenvalue weighted by molar-refractivity contribution is -0.126. The van der Waals surface area contributed by atoms with Gasteiger partial charge in [0.2, 0.25) is 23.6 Å². The van der Waals surface area contributed by atoms with Crippen molar-refractivity contribution in [3.05, 3.63) is 0 Å². The van der Waals surface area contributed by atoms with E-state index in [-0.39, 0.29) is 23.7 Å². The second kappa shape index (κ2) is 66.0. The maximum atomic E-state index is 13.2. The van der Waals surface area contributed by atoms with Crippen molar-refractivity contribution in [3.63, 3.8) is 0 Å². The summed E-state index contributed by atoms with van der Waals surface area (Å²) < 4.78 is 0. The second-order valence-corrected chi connectivity index (χ2v) is 28.9. The van der Waals surface area contributed by atoms with E-state index >= 15 is 0 Å². The highest BCUT2D eigenvalue weighted by Gasteiger charge is 2.22. The predicted molar refractivity (Wildman–Crippen MR) is 399 cm³/mol. The number of nitrogens with one attached hydrogen (secondary N) is 4. The van der Waals surface area contributed by atoms with Crippen LogP contribution in [-0.2, 0) is 19.2 Å². The summed E-state index contributed by atoms with van der Waals surface area (Å²) in [5, 5.41) is 13.4. The van der Waals surface area contributed by atoms with Crippen LogP contribution in [0.1, 0.15) is 364 Å². The molecule has 0 bridgehead atoms. The summed E-state index contributed by atoms with van der Waals surface area (Å²) in [7, 11) is 0. The quantitative estimate of drug-likeness (QED) is 0.0443. The largest absolute Gasteiger partial charge is 0.356 e. The number of rotatable bonds is 70. The number of nitrogens with zero attached hydrogens (tertiary/aromatic N) is 4. The molecule has 1 saturated heterocycles. The molecule has 0 saturated carbocycles. The van der Waals surface area contributed by atoms with Gasteiger partial charge in [0.05, 0.1) is 0 Å². The smallest absolute Gasteiger partial charge is 0.223 e. The molecule has 0 aromatic heterocycles. The monoisotopic (exact) mass is 1300 g/mol. The third-order valence-electron chi connectivity index (χ3n) is 20.5. The minimum Gasteiger partial charge on any atom is -0.356 e. The SMILES string of the molecule is CCCCCCC(CCCC)C(=O)NCCCCCCN(CCCCCCNC(=O)C(CCCC)CCCCCC)CCN1CCN(CCN(CCCCCCNC(=O)C(CCCC)CCCCCC)CCCCCCNC(=O)C(CCCC)CCCCCC)CC1. The van der Waals surface area contributed by atoms with E-state index in [1.165, 1.54) is 180 Å². The summed E-state index contributed by atoms with van der Waals surface area (Å²) >= 11 is 0. The minimum atomic E-state index is 0.186. The predicted octanol–water partition coefficient (Wildman–Crippen LogP) is 19.0. The zero-order valence-corrected chi connectivity index (χ0v) is 63.0. The average Bonchev–Trinajstić information content (AvgIpc) is 3.37. The molecule has 92 heavy (non-hydrogen) atoms. The molecular formula is C80H160N8O4. The van der Waals surface area contributed by atoms with E-state index < -0.39 is 0 Å². The molecule has 0 radical (unpaired) electrons. The van der Waals surface area contributed by atoms with Gasteiger partial charge in [-0.15, -0.1) is 0 Å². The Morgan fingerprint density at radius 3 is 0.663 bits per heavy atom. The molecular weight excluding hydrogens is 1140 g/mol.